The van der Waals surface area contributed by atoms with Crippen LogP contribution >= 0.6 is 0 Å². The molecule has 0 aliphatic heterocycles. The van der Waals surface area contributed by atoms with Crippen LogP contribution in [0.3, 0.4) is 0 Å². The minimum atomic E-state index is 0.708. The van der Waals surface area contributed by atoms with Gasteiger partial charge in [-0.15, -0.1) is 0 Å². The summed E-state index contributed by atoms with van der Waals surface area (Å²) in [5, 5.41) is 0. The first-order valence-electron chi connectivity index (χ1n) is 11.0. The highest BCUT2D eigenvalue weighted by Gasteiger charge is 2.59. The highest BCUT2D eigenvalue weighted by Crippen LogP contribution is 2.68. The van der Waals surface area contributed by atoms with Crippen molar-refractivity contribution >= 4 is 0 Å². The molecule has 0 bridgehead atoms. The fourth-order valence-electron chi connectivity index (χ4n) is 8.40. The van der Waals surface area contributed by atoms with E-state index >= 15 is 0 Å². The monoisotopic (exact) mass is 316 g/mol. The molecule has 0 amide bonds. The van der Waals surface area contributed by atoms with Gasteiger partial charge in [-0.3, -0.25) is 0 Å². The van der Waals surface area contributed by atoms with Crippen molar-refractivity contribution in [2.45, 2.75) is 98.3 Å². The van der Waals surface area contributed by atoms with Crippen molar-refractivity contribution in [3.8, 4) is 0 Å². The first-order chi connectivity index (χ1) is 11.0. The molecule has 4 fully saturated rings. The summed E-state index contributed by atoms with van der Waals surface area (Å²) in [5.41, 5.74) is 1.42. The molecule has 0 aromatic carbocycles. The second-order valence-electron chi connectivity index (χ2n) is 10.6. The molecule has 132 valence electrons. The van der Waals surface area contributed by atoms with Gasteiger partial charge in [0.25, 0.3) is 0 Å². The van der Waals surface area contributed by atoms with Crippen molar-refractivity contribution in [1.82, 2.24) is 0 Å². The Hall–Kier alpha value is 0. The lowest BCUT2D eigenvalue weighted by molar-refractivity contribution is -0.117. The molecule has 4 rings (SSSR count). The predicted octanol–water partition coefficient (Wildman–Crippen LogP) is 7.08. The fraction of sp³-hybridized carbons (Fsp3) is 1.00. The third-order valence-electron chi connectivity index (χ3n) is 9.76. The van der Waals surface area contributed by atoms with Crippen LogP contribution in [0.5, 0.6) is 0 Å². The summed E-state index contributed by atoms with van der Waals surface area (Å²) in [6.45, 7) is 10.3. The summed E-state index contributed by atoms with van der Waals surface area (Å²) in [4.78, 5) is 0. The number of rotatable bonds is 2. The van der Waals surface area contributed by atoms with Crippen LogP contribution in [0.25, 0.3) is 0 Å². The summed E-state index contributed by atoms with van der Waals surface area (Å²) >= 11 is 0. The summed E-state index contributed by atoms with van der Waals surface area (Å²) in [7, 11) is 0. The number of hydrogen-bond donors (Lipinski definition) is 0. The molecule has 0 nitrogen and oxygen atoms in total. The van der Waals surface area contributed by atoms with E-state index in [1.165, 1.54) is 19.3 Å². The number of fused-ring (bicyclic) bond motifs is 5. The molecule has 3 unspecified atom stereocenters. The topological polar surface area (TPSA) is 0 Å². The van der Waals surface area contributed by atoms with Gasteiger partial charge in [0, 0.05) is 0 Å². The van der Waals surface area contributed by atoms with Gasteiger partial charge >= 0.3 is 0 Å². The zero-order valence-corrected chi connectivity index (χ0v) is 16.2. The smallest absolute Gasteiger partial charge is 0.0266 e. The Kier molecular flexibility index (Phi) is 4.13. The maximum atomic E-state index is 2.72. The second-order valence-corrected chi connectivity index (χ2v) is 10.6. The zero-order chi connectivity index (χ0) is 16.2. The predicted molar refractivity (Wildman–Crippen MR) is 99.3 cm³/mol. The van der Waals surface area contributed by atoms with Gasteiger partial charge < -0.3 is 0 Å². The van der Waals surface area contributed by atoms with Crippen LogP contribution in [0.1, 0.15) is 98.3 Å². The van der Waals surface area contributed by atoms with Gasteiger partial charge in [-0.25, -0.2) is 0 Å². The SMILES string of the molecule is CCC[C@H]1CCC2C3CC[C@H]4C[C@@H](C)CC[C@]4(C)C3CC[C@@]21C. The van der Waals surface area contributed by atoms with E-state index in [9.17, 15) is 0 Å². The van der Waals surface area contributed by atoms with Crippen LogP contribution in [-0.4, -0.2) is 0 Å². The molecule has 0 heteroatoms. The normalized spacial score (nSPS) is 55.8. The van der Waals surface area contributed by atoms with Gasteiger partial charge in [0.15, 0.2) is 0 Å². The summed E-state index contributed by atoms with van der Waals surface area (Å²) < 4.78 is 0. The average molecular weight is 317 g/mol. The Balaban J connectivity index is 1.58. The molecule has 4 aliphatic carbocycles. The van der Waals surface area contributed by atoms with Gasteiger partial charge in [0.2, 0.25) is 0 Å². The summed E-state index contributed by atoms with van der Waals surface area (Å²) in [5.74, 6) is 6.35. The van der Waals surface area contributed by atoms with Crippen molar-refractivity contribution < 1.29 is 0 Å². The highest BCUT2D eigenvalue weighted by atomic mass is 14.6. The van der Waals surface area contributed by atoms with E-state index < -0.39 is 0 Å². The Morgan fingerprint density at radius 3 is 2.35 bits per heavy atom. The summed E-state index contributed by atoms with van der Waals surface area (Å²) in [6, 6.07) is 0. The molecule has 0 aromatic rings. The average Bonchev–Trinajstić information content (AvgIpc) is 2.85. The lowest BCUT2D eigenvalue weighted by atomic mass is 9.44. The van der Waals surface area contributed by atoms with E-state index in [2.05, 4.69) is 27.7 Å². The van der Waals surface area contributed by atoms with Gasteiger partial charge in [0.1, 0.15) is 0 Å². The quantitative estimate of drug-likeness (QED) is 0.510. The van der Waals surface area contributed by atoms with Crippen LogP contribution in [0, 0.1) is 46.3 Å². The molecular weight excluding hydrogens is 276 g/mol. The van der Waals surface area contributed by atoms with Crippen molar-refractivity contribution in [2.24, 2.45) is 46.3 Å². The lowest BCUT2D eigenvalue weighted by Crippen LogP contribution is -2.53. The standard InChI is InChI=1S/C23H40/c1-5-6-17-8-10-20-19-9-7-18-15-16(2)11-13-23(18,4)21(19)12-14-22(17,20)3/h16-21H,5-15H2,1-4H3/t16-,17-,18-,19?,20?,21?,22+,23-/m0/s1. The first-order valence-corrected chi connectivity index (χ1v) is 11.0. The summed E-state index contributed by atoms with van der Waals surface area (Å²) in [6.07, 6.45) is 16.9. The van der Waals surface area contributed by atoms with Crippen LogP contribution < -0.4 is 0 Å². The van der Waals surface area contributed by atoms with E-state index in [0.717, 1.165) is 35.5 Å². The van der Waals surface area contributed by atoms with Crippen LogP contribution in [0.15, 0.2) is 0 Å². The highest BCUT2D eigenvalue weighted by molar-refractivity contribution is 5.08. The third-order valence-corrected chi connectivity index (χ3v) is 9.76. The third kappa shape index (κ3) is 2.36. The van der Waals surface area contributed by atoms with Crippen molar-refractivity contribution in [1.29, 1.82) is 0 Å². The Labute approximate surface area is 145 Å². The molecule has 4 aliphatic rings. The fourth-order valence-corrected chi connectivity index (χ4v) is 8.40. The van der Waals surface area contributed by atoms with E-state index in [0.29, 0.717) is 10.8 Å². The first kappa shape index (κ1) is 16.5. The van der Waals surface area contributed by atoms with Crippen molar-refractivity contribution in [3.63, 3.8) is 0 Å². The molecule has 0 saturated heterocycles. The maximum Gasteiger partial charge on any atom is -0.0266 e. The molecule has 4 saturated carbocycles. The van der Waals surface area contributed by atoms with Gasteiger partial charge in [-0.05, 0) is 97.7 Å². The van der Waals surface area contributed by atoms with Crippen molar-refractivity contribution in [2.75, 3.05) is 0 Å². The minimum Gasteiger partial charge on any atom is -0.0654 e. The Morgan fingerprint density at radius 1 is 0.826 bits per heavy atom. The molecule has 0 aromatic heterocycles. The molecule has 0 heterocycles. The second kappa shape index (κ2) is 5.77. The largest absolute Gasteiger partial charge is 0.0654 e. The Bertz CT molecular complexity index is 439. The van der Waals surface area contributed by atoms with E-state index in [-0.39, 0.29) is 0 Å². The molecule has 0 radical (unpaired) electrons. The minimum absolute atomic E-state index is 0.708. The zero-order valence-electron chi connectivity index (χ0n) is 16.2. The van der Waals surface area contributed by atoms with Gasteiger partial charge in [-0.2, -0.15) is 0 Å². The molecule has 23 heavy (non-hydrogen) atoms. The van der Waals surface area contributed by atoms with Crippen LogP contribution in [0.4, 0.5) is 0 Å². The molecular formula is C23H40. The van der Waals surface area contributed by atoms with Gasteiger partial charge in [0.05, 0.1) is 0 Å². The van der Waals surface area contributed by atoms with E-state index in [1.54, 1.807) is 51.4 Å². The van der Waals surface area contributed by atoms with Crippen LogP contribution in [0.2, 0.25) is 0 Å². The van der Waals surface area contributed by atoms with Crippen molar-refractivity contribution in [3.05, 3.63) is 0 Å². The van der Waals surface area contributed by atoms with Crippen LogP contribution in [-0.2, 0) is 0 Å². The van der Waals surface area contributed by atoms with E-state index in [1.807, 2.05) is 0 Å². The molecule has 0 N–H and O–H groups in total. The van der Waals surface area contributed by atoms with Gasteiger partial charge in [-0.1, -0.05) is 47.0 Å². The molecule has 8 atom stereocenters. The van der Waals surface area contributed by atoms with E-state index in [4.69, 9.17) is 0 Å². The number of hydrogen-bond acceptors (Lipinski definition) is 0. The Morgan fingerprint density at radius 2 is 1.57 bits per heavy atom. The maximum absolute atomic E-state index is 2.72. The molecule has 0 spiro atoms. The lowest BCUT2D eigenvalue weighted by Gasteiger charge is -2.61.